The molecule has 0 aliphatic rings. The third kappa shape index (κ3) is 5.60. The molecule has 0 saturated carbocycles. The lowest BCUT2D eigenvalue weighted by Gasteiger charge is -2.10. The Hall–Kier alpha value is -2.60. The SMILES string of the molecule is COCCOc1cccc(NC(=O)CNc2ccccc2F)c1. The van der Waals surface area contributed by atoms with Gasteiger partial charge in [-0.15, -0.1) is 0 Å². The molecule has 23 heavy (non-hydrogen) atoms. The summed E-state index contributed by atoms with van der Waals surface area (Å²) in [5.41, 5.74) is 0.902. The van der Waals surface area contributed by atoms with E-state index in [-0.39, 0.29) is 12.5 Å². The molecular weight excluding hydrogens is 299 g/mol. The monoisotopic (exact) mass is 318 g/mol. The van der Waals surface area contributed by atoms with Crippen molar-refractivity contribution < 1.29 is 18.7 Å². The summed E-state index contributed by atoms with van der Waals surface area (Å²) in [5.74, 6) is -0.0296. The molecule has 0 heterocycles. The quantitative estimate of drug-likeness (QED) is 0.735. The average Bonchev–Trinajstić information content (AvgIpc) is 2.55. The number of ether oxygens (including phenoxy) is 2. The predicted molar refractivity (Wildman–Crippen MR) is 87.3 cm³/mol. The fourth-order valence-electron chi connectivity index (χ4n) is 1.89. The van der Waals surface area contributed by atoms with Gasteiger partial charge < -0.3 is 20.1 Å². The molecule has 0 aliphatic heterocycles. The molecule has 0 radical (unpaired) electrons. The number of hydrogen-bond acceptors (Lipinski definition) is 4. The fourth-order valence-corrected chi connectivity index (χ4v) is 1.89. The molecule has 2 N–H and O–H groups in total. The van der Waals surface area contributed by atoms with Crippen LogP contribution in [0.25, 0.3) is 0 Å². The topological polar surface area (TPSA) is 59.6 Å². The van der Waals surface area contributed by atoms with Crippen LogP contribution in [0.3, 0.4) is 0 Å². The van der Waals surface area contributed by atoms with E-state index in [0.717, 1.165) is 0 Å². The highest BCUT2D eigenvalue weighted by Crippen LogP contribution is 2.17. The molecule has 0 aromatic heterocycles. The summed E-state index contributed by atoms with van der Waals surface area (Å²) >= 11 is 0. The number of amides is 1. The number of carbonyl (C=O) groups is 1. The van der Waals surface area contributed by atoms with Crippen LogP contribution in [0.5, 0.6) is 5.75 Å². The van der Waals surface area contributed by atoms with Gasteiger partial charge in [0.05, 0.1) is 18.8 Å². The number of benzene rings is 2. The number of hydrogen-bond donors (Lipinski definition) is 2. The van der Waals surface area contributed by atoms with E-state index in [1.165, 1.54) is 6.07 Å². The molecule has 122 valence electrons. The summed E-state index contributed by atoms with van der Waals surface area (Å²) in [6, 6.07) is 13.2. The third-order valence-electron chi connectivity index (χ3n) is 2.99. The maximum atomic E-state index is 13.4. The largest absolute Gasteiger partial charge is 0.491 e. The minimum atomic E-state index is -0.395. The van der Waals surface area contributed by atoms with E-state index in [0.29, 0.717) is 30.3 Å². The van der Waals surface area contributed by atoms with Crippen LogP contribution in [0.1, 0.15) is 0 Å². The first-order valence-electron chi connectivity index (χ1n) is 7.19. The number of anilines is 2. The highest BCUT2D eigenvalue weighted by atomic mass is 19.1. The Labute approximate surface area is 134 Å². The van der Waals surface area contributed by atoms with E-state index in [1.807, 2.05) is 0 Å². The van der Waals surface area contributed by atoms with E-state index in [9.17, 15) is 9.18 Å². The van der Waals surface area contributed by atoms with Crippen molar-refractivity contribution in [1.82, 2.24) is 0 Å². The molecule has 1 amide bonds. The smallest absolute Gasteiger partial charge is 0.243 e. The van der Waals surface area contributed by atoms with Gasteiger partial charge in [0.1, 0.15) is 18.2 Å². The molecule has 0 fully saturated rings. The van der Waals surface area contributed by atoms with Crippen molar-refractivity contribution in [3.05, 3.63) is 54.3 Å². The van der Waals surface area contributed by atoms with Crippen LogP contribution < -0.4 is 15.4 Å². The van der Waals surface area contributed by atoms with Gasteiger partial charge in [-0.2, -0.15) is 0 Å². The van der Waals surface area contributed by atoms with Crippen LogP contribution >= 0.6 is 0 Å². The van der Waals surface area contributed by atoms with Crippen LogP contribution in [-0.4, -0.2) is 32.8 Å². The van der Waals surface area contributed by atoms with Crippen molar-refractivity contribution in [2.75, 3.05) is 37.5 Å². The summed E-state index contributed by atoms with van der Waals surface area (Å²) in [4.78, 5) is 11.9. The summed E-state index contributed by atoms with van der Waals surface area (Å²) in [5, 5.41) is 5.48. The van der Waals surface area contributed by atoms with E-state index in [1.54, 1.807) is 49.6 Å². The molecular formula is C17H19FN2O3. The number of para-hydroxylation sites is 1. The molecule has 2 aromatic carbocycles. The molecule has 0 aliphatic carbocycles. The number of methoxy groups -OCH3 is 1. The van der Waals surface area contributed by atoms with Gasteiger partial charge in [-0.25, -0.2) is 4.39 Å². The first-order valence-corrected chi connectivity index (χ1v) is 7.19. The van der Waals surface area contributed by atoms with Crippen molar-refractivity contribution in [3.63, 3.8) is 0 Å². The van der Waals surface area contributed by atoms with Crippen LogP contribution in [0.4, 0.5) is 15.8 Å². The zero-order valence-electron chi connectivity index (χ0n) is 12.8. The number of rotatable bonds is 8. The van der Waals surface area contributed by atoms with Crippen molar-refractivity contribution >= 4 is 17.3 Å². The lowest BCUT2D eigenvalue weighted by Crippen LogP contribution is -2.22. The summed E-state index contributed by atoms with van der Waals surface area (Å²) in [6.45, 7) is 0.890. The van der Waals surface area contributed by atoms with E-state index >= 15 is 0 Å². The first-order chi connectivity index (χ1) is 11.2. The van der Waals surface area contributed by atoms with Crippen molar-refractivity contribution in [1.29, 1.82) is 0 Å². The van der Waals surface area contributed by atoms with Gasteiger partial charge in [0.25, 0.3) is 0 Å². The number of halogens is 1. The normalized spacial score (nSPS) is 10.2. The summed E-state index contributed by atoms with van der Waals surface area (Å²) in [6.07, 6.45) is 0. The maximum Gasteiger partial charge on any atom is 0.243 e. The first kappa shape index (κ1) is 16.8. The van der Waals surface area contributed by atoms with Gasteiger partial charge >= 0.3 is 0 Å². The minimum Gasteiger partial charge on any atom is -0.491 e. The molecule has 0 bridgehead atoms. The van der Waals surface area contributed by atoms with E-state index < -0.39 is 5.82 Å². The van der Waals surface area contributed by atoms with Crippen LogP contribution in [0, 0.1) is 5.82 Å². The Kier molecular flexibility index (Phi) is 6.38. The Morgan fingerprint density at radius 3 is 2.74 bits per heavy atom. The fraction of sp³-hybridized carbons (Fsp3) is 0.235. The highest BCUT2D eigenvalue weighted by Gasteiger charge is 2.05. The van der Waals surface area contributed by atoms with Gasteiger partial charge in [0.2, 0.25) is 5.91 Å². The van der Waals surface area contributed by atoms with Crippen LogP contribution in [0.15, 0.2) is 48.5 Å². The Morgan fingerprint density at radius 1 is 1.13 bits per heavy atom. The van der Waals surface area contributed by atoms with Gasteiger partial charge in [0, 0.05) is 18.9 Å². The molecule has 0 saturated heterocycles. The lowest BCUT2D eigenvalue weighted by molar-refractivity contribution is -0.114. The Bertz CT molecular complexity index is 649. The van der Waals surface area contributed by atoms with Crippen molar-refractivity contribution in [2.45, 2.75) is 0 Å². The standard InChI is InChI=1S/C17H19FN2O3/c1-22-9-10-23-14-6-4-5-13(11-14)20-17(21)12-19-16-8-3-2-7-15(16)18/h2-8,11,19H,9-10,12H2,1H3,(H,20,21). The molecule has 2 aromatic rings. The summed E-state index contributed by atoms with van der Waals surface area (Å²) in [7, 11) is 1.60. The zero-order valence-corrected chi connectivity index (χ0v) is 12.8. The Morgan fingerprint density at radius 2 is 1.96 bits per heavy atom. The number of nitrogens with one attached hydrogen (secondary N) is 2. The average molecular weight is 318 g/mol. The minimum absolute atomic E-state index is 0.0321. The van der Waals surface area contributed by atoms with E-state index in [4.69, 9.17) is 9.47 Å². The van der Waals surface area contributed by atoms with Crippen LogP contribution in [-0.2, 0) is 9.53 Å². The molecule has 0 atom stereocenters. The second-order valence-corrected chi connectivity index (χ2v) is 4.75. The van der Waals surface area contributed by atoms with Gasteiger partial charge in [-0.05, 0) is 24.3 Å². The van der Waals surface area contributed by atoms with Gasteiger partial charge in [-0.3, -0.25) is 4.79 Å². The molecule has 0 spiro atoms. The molecule has 6 heteroatoms. The maximum absolute atomic E-state index is 13.4. The predicted octanol–water partition coefficient (Wildman–Crippen LogP) is 2.90. The highest BCUT2D eigenvalue weighted by molar-refractivity contribution is 5.93. The molecule has 5 nitrogen and oxygen atoms in total. The van der Waals surface area contributed by atoms with Crippen molar-refractivity contribution in [3.8, 4) is 5.75 Å². The zero-order chi connectivity index (χ0) is 16.5. The Balaban J connectivity index is 1.85. The second-order valence-electron chi connectivity index (χ2n) is 4.75. The van der Waals surface area contributed by atoms with Gasteiger partial charge in [-0.1, -0.05) is 18.2 Å². The lowest BCUT2D eigenvalue weighted by atomic mass is 10.3. The van der Waals surface area contributed by atoms with Crippen molar-refractivity contribution in [2.24, 2.45) is 0 Å². The van der Waals surface area contributed by atoms with Crippen LogP contribution in [0.2, 0.25) is 0 Å². The third-order valence-corrected chi connectivity index (χ3v) is 2.99. The second kappa shape index (κ2) is 8.75. The number of carbonyl (C=O) groups excluding carboxylic acids is 1. The van der Waals surface area contributed by atoms with E-state index in [2.05, 4.69) is 10.6 Å². The van der Waals surface area contributed by atoms with Gasteiger partial charge in [0.15, 0.2) is 0 Å². The summed E-state index contributed by atoms with van der Waals surface area (Å²) < 4.78 is 23.8. The molecule has 0 unspecified atom stereocenters. The molecule has 2 rings (SSSR count).